The minimum Gasteiger partial charge on any atom is -0.195 e. The number of nitrogens with zero attached hydrogens (tertiary/aromatic N) is 2. The van der Waals surface area contributed by atoms with Crippen LogP contribution in [-0.2, 0) is 10.2 Å². The fraction of sp³-hybridized carbons (Fsp3) is 1.00. The van der Waals surface area contributed by atoms with Crippen LogP contribution < -0.4 is 0 Å². The van der Waals surface area contributed by atoms with Gasteiger partial charge in [-0.3, -0.25) is 0 Å². The van der Waals surface area contributed by atoms with E-state index in [1.165, 1.54) is 4.31 Å². The zero-order valence-electron chi connectivity index (χ0n) is 9.48. The van der Waals surface area contributed by atoms with Crippen LogP contribution in [0.4, 0.5) is 0 Å². The summed E-state index contributed by atoms with van der Waals surface area (Å²) in [6.07, 6.45) is 1.98. The number of alkyl halides is 1. The fourth-order valence-electron chi connectivity index (χ4n) is 1.55. The molecule has 1 unspecified atom stereocenters. The Hall–Kier alpha value is 0.350. The minimum atomic E-state index is -3.26. The Morgan fingerprint density at radius 1 is 1.47 bits per heavy atom. The van der Waals surface area contributed by atoms with Crippen molar-refractivity contribution in [3.05, 3.63) is 0 Å². The molecule has 1 saturated heterocycles. The molecule has 4 nitrogen and oxygen atoms in total. The van der Waals surface area contributed by atoms with Gasteiger partial charge in [-0.25, -0.2) is 0 Å². The van der Waals surface area contributed by atoms with Crippen LogP contribution in [0.2, 0.25) is 0 Å². The Morgan fingerprint density at radius 3 is 2.53 bits per heavy atom. The highest BCUT2D eigenvalue weighted by atomic mass is 79.9. The highest BCUT2D eigenvalue weighted by Crippen LogP contribution is 2.21. The monoisotopic (exact) mass is 298 g/mol. The number of halogens is 1. The van der Waals surface area contributed by atoms with Crippen LogP contribution in [0, 0.1) is 0 Å². The van der Waals surface area contributed by atoms with Crippen molar-refractivity contribution in [3.63, 3.8) is 0 Å². The first-order chi connectivity index (χ1) is 6.85. The third-order valence-electron chi connectivity index (χ3n) is 2.74. The molecule has 15 heavy (non-hydrogen) atoms. The fourth-order valence-corrected chi connectivity index (χ4v) is 4.04. The molecule has 90 valence electrons. The summed E-state index contributed by atoms with van der Waals surface area (Å²) < 4.78 is 27.2. The normalized spacial score (nSPS) is 25.1. The molecule has 1 aliphatic heterocycles. The smallest absolute Gasteiger partial charge is 0.195 e. The second-order valence-electron chi connectivity index (χ2n) is 4.22. The van der Waals surface area contributed by atoms with E-state index in [9.17, 15) is 8.42 Å². The Morgan fingerprint density at radius 2 is 2.07 bits per heavy atom. The van der Waals surface area contributed by atoms with Crippen LogP contribution in [0.5, 0.6) is 0 Å². The van der Waals surface area contributed by atoms with Crippen molar-refractivity contribution in [2.45, 2.75) is 37.6 Å². The van der Waals surface area contributed by atoms with Gasteiger partial charge in [0.2, 0.25) is 0 Å². The third kappa shape index (κ3) is 3.15. The Kier molecular flexibility index (Phi) is 4.58. The van der Waals surface area contributed by atoms with Crippen LogP contribution in [0.1, 0.15) is 26.7 Å². The average Bonchev–Trinajstić information content (AvgIpc) is 2.16. The first-order valence-corrected chi connectivity index (χ1v) is 7.54. The van der Waals surface area contributed by atoms with E-state index in [1.807, 2.05) is 13.8 Å². The van der Waals surface area contributed by atoms with Crippen LogP contribution in [0.15, 0.2) is 0 Å². The van der Waals surface area contributed by atoms with Gasteiger partial charge < -0.3 is 0 Å². The average molecular weight is 299 g/mol. The van der Waals surface area contributed by atoms with Crippen molar-refractivity contribution in [1.29, 1.82) is 0 Å². The molecule has 1 atom stereocenters. The molecule has 0 bridgehead atoms. The van der Waals surface area contributed by atoms with Crippen molar-refractivity contribution in [1.82, 2.24) is 8.61 Å². The van der Waals surface area contributed by atoms with Crippen molar-refractivity contribution in [2.24, 2.45) is 0 Å². The summed E-state index contributed by atoms with van der Waals surface area (Å²) in [4.78, 5) is 0.293. The Labute approximate surface area is 101 Å². The molecule has 0 radical (unpaired) electrons. The molecule has 1 heterocycles. The molecule has 6 heteroatoms. The molecule has 0 amide bonds. The summed E-state index contributed by atoms with van der Waals surface area (Å²) >= 11 is 3.48. The first kappa shape index (κ1) is 13.4. The minimum absolute atomic E-state index is 0.00528. The number of hydrogen-bond donors (Lipinski definition) is 0. The lowest BCUT2D eigenvalue weighted by Gasteiger charge is -2.33. The lowest BCUT2D eigenvalue weighted by atomic mass is 10.2. The molecule has 1 rings (SSSR count). The van der Waals surface area contributed by atoms with Gasteiger partial charge >= 0.3 is 0 Å². The highest BCUT2D eigenvalue weighted by Gasteiger charge is 2.31. The van der Waals surface area contributed by atoms with Gasteiger partial charge in [0, 0.05) is 31.0 Å². The van der Waals surface area contributed by atoms with Gasteiger partial charge in [0.25, 0.3) is 10.2 Å². The molecule has 0 aromatic carbocycles. The standard InChI is InChI=1S/C9H19BrN2O2S/c1-8(2)11(3)15(13,14)12-6-4-5-9(10)7-12/h8-9H,4-7H2,1-3H3. The van der Waals surface area contributed by atoms with E-state index in [1.54, 1.807) is 11.4 Å². The van der Waals surface area contributed by atoms with Gasteiger partial charge in [0.05, 0.1) is 0 Å². The zero-order chi connectivity index (χ0) is 11.6. The van der Waals surface area contributed by atoms with Gasteiger partial charge in [-0.2, -0.15) is 17.0 Å². The largest absolute Gasteiger partial charge is 0.281 e. The SMILES string of the molecule is CC(C)N(C)S(=O)(=O)N1CCCC(Br)C1. The highest BCUT2D eigenvalue weighted by molar-refractivity contribution is 9.09. The van der Waals surface area contributed by atoms with E-state index in [0.29, 0.717) is 17.9 Å². The number of rotatable bonds is 3. The van der Waals surface area contributed by atoms with Crippen LogP contribution in [0.25, 0.3) is 0 Å². The molecular formula is C9H19BrN2O2S. The Balaban J connectivity index is 2.77. The quantitative estimate of drug-likeness (QED) is 0.740. The topological polar surface area (TPSA) is 40.6 Å². The van der Waals surface area contributed by atoms with Crippen LogP contribution in [-0.4, -0.2) is 48.0 Å². The molecule has 1 fully saturated rings. The molecule has 0 spiro atoms. The maximum Gasteiger partial charge on any atom is 0.281 e. The van der Waals surface area contributed by atoms with Gasteiger partial charge in [-0.15, -0.1) is 0 Å². The predicted molar refractivity (Wildman–Crippen MR) is 65.3 cm³/mol. The van der Waals surface area contributed by atoms with Gasteiger partial charge in [-0.1, -0.05) is 15.9 Å². The maximum absolute atomic E-state index is 12.1. The molecular weight excluding hydrogens is 280 g/mol. The van der Waals surface area contributed by atoms with E-state index in [0.717, 1.165) is 12.8 Å². The van der Waals surface area contributed by atoms with Crippen molar-refractivity contribution < 1.29 is 8.42 Å². The summed E-state index contributed by atoms with van der Waals surface area (Å²) in [6, 6.07) is 0.00528. The summed E-state index contributed by atoms with van der Waals surface area (Å²) in [5.41, 5.74) is 0. The van der Waals surface area contributed by atoms with Crippen LogP contribution >= 0.6 is 15.9 Å². The Bertz CT molecular complexity index is 305. The summed E-state index contributed by atoms with van der Waals surface area (Å²) in [7, 11) is -1.62. The van der Waals surface area contributed by atoms with Gasteiger partial charge in [-0.05, 0) is 26.7 Å². The summed E-state index contributed by atoms with van der Waals surface area (Å²) in [5, 5.41) is 0. The van der Waals surface area contributed by atoms with E-state index in [2.05, 4.69) is 15.9 Å². The van der Waals surface area contributed by atoms with Crippen molar-refractivity contribution >= 4 is 26.1 Å². The first-order valence-electron chi connectivity index (χ1n) is 5.23. The number of piperidine rings is 1. The van der Waals surface area contributed by atoms with E-state index in [-0.39, 0.29) is 6.04 Å². The van der Waals surface area contributed by atoms with Crippen LogP contribution in [0.3, 0.4) is 0 Å². The molecule has 0 aromatic rings. The van der Waals surface area contributed by atoms with E-state index in [4.69, 9.17) is 0 Å². The predicted octanol–water partition coefficient (Wildman–Crippen LogP) is 1.43. The van der Waals surface area contributed by atoms with Gasteiger partial charge in [0.15, 0.2) is 0 Å². The molecule has 0 N–H and O–H groups in total. The second kappa shape index (κ2) is 5.12. The molecule has 0 aliphatic carbocycles. The lowest BCUT2D eigenvalue weighted by molar-refractivity contribution is 0.307. The van der Waals surface area contributed by atoms with Gasteiger partial charge in [0.1, 0.15) is 0 Å². The summed E-state index contributed by atoms with van der Waals surface area (Å²) in [6.45, 7) is 4.99. The third-order valence-corrected chi connectivity index (χ3v) is 5.63. The van der Waals surface area contributed by atoms with E-state index < -0.39 is 10.2 Å². The second-order valence-corrected chi connectivity index (χ2v) is 7.50. The number of hydrogen-bond acceptors (Lipinski definition) is 2. The van der Waals surface area contributed by atoms with E-state index >= 15 is 0 Å². The maximum atomic E-state index is 12.1. The zero-order valence-corrected chi connectivity index (χ0v) is 11.9. The lowest BCUT2D eigenvalue weighted by Crippen LogP contribution is -2.48. The molecule has 0 aromatic heterocycles. The van der Waals surface area contributed by atoms with Crippen molar-refractivity contribution in [3.8, 4) is 0 Å². The summed E-state index contributed by atoms with van der Waals surface area (Å²) in [5.74, 6) is 0. The van der Waals surface area contributed by atoms with Crippen molar-refractivity contribution in [2.75, 3.05) is 20.1 Å². The molecule has 0 saturated carbocycles. The molecule has 1 aliphatic rings.